The number of nitriles is 1. The third-order valence-corrected chi connectivity index (χ3v) is 2.64. The Bertz CT molecular complexity index is 541. The van der Waals surface area contributed by atoms with Crippen LogP contribution >= 0.6 is 0 Å². The molecular formula is C15H13NO. The molecule has 2 rings (SSSR count). The van der Waals surface area contributed by atoms with Crippen molar-refractivity contribution in [1.29, 1.82) is 5.26 Å². The summed E-state index contributed by atoms with van der Waals surface area (Å²) < 4.78 is 5.79. The standard InChI is InChI=1S/C15H13NO/c1-12-13(10-11-16)6-5-9-15(12)17-14-7-3-2-4-8-14/h2-9H,10H2,1H3. The van der Waals surface area contributed by atoms with E-state index in [1.807, 2.05) is 55.5 Å². The monoisotopic (exact) mass is 223 g/mol. The molecule has 0 unspecified atom stereocenters. The summed E-state index contributed by atoms with van der Waals surface area (Å²) in [5.74, 6) is 1.62. The highest BCUT2D eigenvalue weighted by Gasteiger charge is 2.05. The van der Waals surface area contributed by atoms with E-state index in [1.54, 1.807) is 0 Å². The first kappa shape index (κ1) is 11.2. The van der Waals surface area contributed by atoms with E-state index in [-0.39, 0.29) is 0 Å². The molecule has 0 atom stereocenters. The Kier molecular flexibility index (Phi) is 3.42. The minimum atomic E-state index is 0.415. The molecule has 0 spiro atoms. The summed E-state index contributed by atoms with van der Waals surface area (Å²) in [6, 6.07) is 17.6. The molecule has 2 aromatic carbocycles. The maximum Gasteiger partial charge on any atom is 0.130 e. The highest BCUT2D eigenvalue weighted by Crippen LogP contribution is 2.26. The third-order valence-electron chi connectivity index (χ3n) is 2.64. The van der Waals surface area contributed by atoms with Crippen molar-refractivity contribution in [2.75, 3.05) is 0 Å². The lowest BCUT2D eigenvalue weighted by Crippen LogP contribution is -1.92. The van der Waals surface area contributed by atoms with Gasteiger partial charge in [0.2, 0.25) is 0 Å². The van der Waals surface area contributed by atoms with E-state index in [9.17, 15) is 0 Å². The van der Waals surface area contributed by atoms with Gasteiger partial charge in [-0.1, -0.05) is 30.3 Å². The lowest BCUT2D eigenvalue weighted by Gasteiger charge is -2.10. The Labute approximate surface area is 101 Å². The summed E-state index contributed by atoms with van der Waals surface area (Å²) in [5, 5.41) is 8.73. The van der Waals surface area contributed by atoms with Crippen LogP contribution in [0.2, 0.25) is 0 Å². The largest absolute Gasteiger partial charge is 0.457 e. The Morgan fingerprint density at radius 2 is 1.82 bits per heavy atom. The van der Waals surface area contributed by atoms with Crippen LogP contribution in [-0.4, -0.2) is 0 Å². The van der Waals surface area contributed by atoms with E-state index >= 15 is 0 Å². The molecule has 0 saturated carbocycles. The molecule has 17 heavy (non-hydrogen) atoms. The highest BCUT2D eigenvalue weighted by atomic mass is 16.5. The summed E-state index contributed by atoms with van der Waals surface area (Å²) in [6.07, 6.45) is 0.415. The van der Waals surface area contributed by atoms with E-state index in [0.29, 0.717) is 6.42 Å². The first-order valence-corrected chi connectivity index (χ1v) is 5.49. The highest BCUT2D eigenvalue weighted by molar-refractivity contribution is 5.42. The minimum Gasteiger partial charge on any atom is -0.457 e. The number of ether oxygens (including phenoxy) is 1. The van der Waals surface area contributed by atoms with Crippen molar-refractivity contribution in [1.82, 2.24) is 0 Å². The molecule has 2 heteroatoms. The van der Waals surface area contributed by atoms with Crippen LogP contribution in [0.4, 0.5) is 0 Å². The van der Waals surface area contributed by atoms with Gasteiger partial charge in [0, 0.05) is 0 Å². The maximum atomic E-state index is 8.73. The van der Waals surface area contributed by atoms with Gasteiger partial charge in [-0.3, -0.25) is 0 Å². The topological polar surface area (TPSA) is 33.0 Å². The van der Waals surface area contributed by atoms with Gasteiger partial charge >= 0.3 is 0 Å². The quantitative estimate of drug-likeness (QED) is 0.791. The maximum absolute atomic E-state index is 8.73. The molecular weight excluding hydrogens is 210 g/mol. The molecule has 0 fully saturated rings. The summed E-state index contributed by atoms with van der Waals surface area (Å²) in [5.41, 5.74) is 2.04. The molecule has 0 aliphatic heterocycles. The molecule has 0 aromatic heterocycles. The smallest absolute Gasteiger partial charge is 0.130 e. The molecule has 0 aliphatic carbocycles. The summed E-state index contributed by atoms with van der Waals surface area (Å²) >= 11 is 0. The van der Waals surface area contributed by atoms with E-state index in [4.69, 9.17) is 10.00 Å². The van der Waals surface area contributed by atoms with Gasteiger partial charge in [0.05, 0.1) is 12.5 Å². The minimum absolute atomic E-state index is 0.415. The van der Waals surface area contributed by atoms with Crippen molar-refractivity contribution >= 4 is 0 Å². The number of hydrogen-bond acceptors (Lipinski definition) is 2. The lowest BCUT2D eigenvalue weighted by atomic mass is 10.1. The van der Waals surface area contributed by atoms with E-state index in [2.05, 4.69) is 6.07 Å². The zero-order valence-electron chi connectivity index (χ0n) is 9.68. The van der Waals surface area contributed by atoms with Crippen molar-refractivity contribution in [2.24, 2.45) is 0 Å². The number of benzene rings is 2. The molecule has 2 aromatic rings. The van der Waals surface area contributed by atoms with Crippen LogP contribution in [0, 0.1) is 18.3 Å². The average Bonchev–Trinajstić information content (AvgIpc) is 2.36. The van der Waals surface area contributed by atoms with Gasteiger partial charge in [0.15, 0.2) is 0 Å². The van der Waals surface area contributed by atoms with Crippen molar-refractivity contribution in [3.63, 3.8) is 0 Å². The second kappa shape index (κ2) is 5.18. The van der Waals surface area contributed by atoms with Gasteiger partial charge in [-0.2, -0.15) is 5.26 Å². The summed E-state index contributed by atoms with van der Waals surface area (Å²) in [4.78, 5) is 0. The van der Waals surface area contributed by atoms with E-state index in [0.717, 1.165) is 22.6 Å². The number of rotatable bonds is 3. The van der Waals surface area contributed by atoms with Crippen LogP contribution in [-0.2, 0) is 6.42 Å². The number of para-hydroxylation sites is 1. The van der Waals surface area contributed by atoms with Gasteiger partial charge in [0.1, 0.15) is 11.5 Å². The first-order chi connectivity index (χ1) is 8.31. The molecule has 0 aliphatic rings. The molecule has 2 nitrogen and oxygen atoms in total. The van der Waals surface area contributed by atoms with Crippen LogP contribution in [0.25, 0.3) is 0 Å². The van der Waals surface area contributed by atoms with Crippen LogP contribution in [0.1, 0.15) is 11.1 Å². The van der Waals surface area contributed by atoms with Gasteiger partial charge in [0.25, 0.3) is 0 Å². The van der Waals surface area contributed by atoms with Crippen LogP contribution < -0.4 is 4.74 Å². The van der Waals surface area contributed by atoms with Crippen LogP contribution in [0.5, 0.6) is 11.5 Å². The zero-order valence-corrected chi connectivity index (χ0v) is 9.68. The second-order valence-electron chi connectivity index (χ2n) is 3.79. The molecule has 0 N–H and O–H groups in total. The number of nitrogens with zero attached hydrogens (tertiary/aromatic N) is 1. The predicted molar refractivity (Wildman–Crippen MR) is 67.0 cm³/mol. The fraction of sp³-hybridized carbons (Fsp3) is 0.133. The SMILES string of the molecule is Cc1c(CC#N)cccc1Oc1ccccc1. The summed E-state index contributed by atoms with van der Waals surface area (Å²) in [6.45, 7) is 1.98. The average molecular weight is 223 g/mol. The van der Waals surface area contributed by atoms with Crippen molar-refractivity contribution in [3.05, 3.63) is 59.7 Å². The van der Waals surface area contributed by atoms with E-state index in [1.165, 1.54) is 0 Å². The second-order valence-corrected chi connectivity index (χ2v) is 3.79. The summed E-state index contributed by atoms with van der Waals surface area (Å²) in [7, 11) is 0. The van der Waals surface area contributed by atoms with Gasteiger partial charge in [-0.25, -0.2) is 0 Å². The lowest BCUT2D eigenvalue weighted by molar-refractivity contribution is 0.478. The predicted octanol–water partition coefficient (Wildman–Crippen LogP) is 3.85. The fourth-order valence-electron chi connectivity index (χ4n) is 1.66. The van der Waals surface area contributed by atoms with Gasteiger partial charge in [-0.05, 0) is 36.2 Å². The molecule has 84 valence electrons. The van der Waals surface area contributed by atoms with Gasteiger partial charge in [-0.15, -0.1) is 0 Å². The molecule has 0 bridgehead atoms. The van der Waals surface area contributed by atoms with Crippen molar-refractivity contribution in [3.8, 4) is 17.6 Å². The Hall–Kier alpha value is -2.27. The van der Waals surface area contributed by atoms with Crippen molar-refractivity contribution < 1.29 is 4.74 Å². The van der Waals surface area contributed by atoms with E-state index < -0.39 is 0 Å². The zero-order chi connectivity index (χ0) is 12.1. The molecule has 0 amide bonds. The Morgan fingerprint density at radius 3 is 2.53 bits per heavy atom. The van der Waals surface area contributed by atoms with Crippen molar-refractivity contribution in [2.45, 2.75) is 13.3 Å². The fourth-order valence-corrected chi connectivity index (χ4v) is 1.66. The normalized spacial score (nSPS) is 9.65. The molecule has 0 heterocycles. The first-order valence-electron chi connectivity index (χ1n) is 5.49. The van der Waals surface area contributed by atoms with Gasteiger partial charge < -0.3 is 4.74 Å². The molecule has 0 saturated heterocycles. The van der Waals surface area contributed by atoms with Crippen LogP contribution in [0.3, 0.4) is 0 Å². The Balaban J connectivity index is 2.28. The Morgan fingerprint density at radius 1 is 1.06 bits per heavy atom. The van der Waals surface area contributed by atoms with Crippen LogP contribution in [0.15, 0.2) is 48.5 Å². The third kappa shape index (κ3) is 2.64. The molecule has 0 radical (unpaired) electrons. The number of hydrogen-bond donors (Lipinski definition) is 0.